The van der Waals surface area contributed by atoms with Crippen LogP contribution in [0, 0.1) is 0 Å². The van der Waals surface area contributed by atoms with E-state index in [1.807, 2.05) is 77.8 Å². The van der Waals surface area contributed by atoms with Crippen LogP contribution in [0.2, 0.25) is 0 Å². The van der Waals surface area contributed by atoms with Crippen molar-refractivity contribution in [3.63, 3.8) is 0 Å². The van der Waals surface area contributed by atoms with Gasteiger partial charge in [-0.3, -0.25) is 15.2 Å². The van der Waals surface area contributed by atoms with E-state index < -0.39 is 0 Å². The summed E-state index contributed by atoms with van der Waals surface area (Å²) >= 11 is 0. The number of Topliss-reactive ketones (excluding diaryl/α,β-unsaturated/α-hetero) is 1. The molecule has 3 aromatic carbocycles. The number of nitrogen functional groups attached to an aromatic ring is 1. The molecule has 4 rings (SSSR count). The SMILES string of the molecule is CC(=O)c1ccc(Nc2ncnc(NN(c3ccccc3)c3ccccc3)c2N)cc1. The maximum Gasteiger partial charge on any atom is 0.173 e. The number of ketones is 1. The molecule has 0 atom stereocenters. The highest BCUT2D eigenvalue weighted by atomic mass is 16.1. The summed E-state index contributed by atoms with van der Waals surface area (Å²) in [5.41, 5.74) is 13.3. The van der Waals surface area contributed by atoms with Crippen LogP contribution in [0.3, 0.4) is 0 Å². The smallest absolute Gasteiger partial charge is 0.173 e. The number of hydrogen-bond donors (Lipinski definition) is 3. The number of nitrogens with one attached hydrogen (secondary N) is 2. The fourth-order valence-electron chi connectivity index (χ4n) is 3.05. The molecule has 0 saturated heterocycles. The molecule has 0 radical (unpaired) electrons. The lowest BCUT2D eigenvalue weighted by molar-refractivity contribution is 0.101. The summed E-state index contributed by atoms with van der Waals surface area (Å²) in [6, 6.07) is 26.9. The summed E-state index contributed by atoms with van der Waals surface area (Å²) < 4.78 is 0. The first-order valence-corrected chi connectivity index (χ1v) is 9.77. The second-order valence-electron chi connectivity index (χ2n) is 6.86. The minimum absolute atomic E-state index is 0.0153. The maximum absolute atomic E-state index is 11.5. The van der Waals surface area contributed by atoms with Crippen molar-refractivity contribution < 1.29 is 4.79 Å². The van der Waals surface area contributed by atoms with Crippen LogP contribution in [0.5, 0.6) is 0 Å². The van der Waals surface area contributed by atoms with E-state index >= 15 is 0 Å². The number of benzene rings is 3. The second kappa shape index (κ2) is 8.96. The van der Waals surface area contributed by atoms with Crippen molar-refractivity contribution >= 4 is 40.2 Å². The van der Waals surface area contributed by atoms with Crippen molar-refractivity contribution in [1.82, 2.24) is 9.97 Å². The molecule has 31 heavy (non-hydrogen) atoms. The van der Waals surface area contributed by atoms with Gasteiger partial charge in [-0.05, 0) is 55.5 Å². The molecule has 7 heteroatoms. The molecule has 1 heterocycles. The van der Waals surface area contributed by atoms with Crippen molar-refractivity contribution in [3.8, 4) is 0 Å². The molecular weight excluding hydrogens is 388 g/mol. The van der Waals surface area contributed by atoms with Crippen molar-refractivity contribution in [3.05, 3.63) is 96.8 Å². The fraction of sp³-hybridized carbons (Fsp3) is 0.0417. The monoisotopic (exact) mass is 410 g/mol. The minimum Gasteiger partial charge on any atom is -0.393 e. The van der Waals surface area contributed by atoms with Crippen molar-refractivity contribution in [2.45, 2.75) is 6.92 Å². The van der Waals surface area contributed by atoms with Gasteiger partial charge in [0.1, 0.15) is 12.0 Å². The van der Waals surface area contributed by atoms with Gasteiger partial charge in [0.05, 0.1) is 11.4 Å². The third-order valence-corrected chi connectivity index (χ3v) is 4.68. The standard InChI is InChI=1S/C24H22N6O/c1-17(31)18-12-14-19(15-13-18)28-23-22(25)24(27-16-26-23)29-30(20-8-4-2-5-9-20)21-10-6-3-7-11-21/h2-16H,25H2,1H3,(H2,26,27,28,29). The van der Waals surface area contributed by atoms with Gasteiger partial charge in [-0.25, -0.2) is 9.97 Å². The first-order valence-electron chi connectivity index (χ1n) is 9.77. The van der Waals surface area contributed by atoms with E-state index in [1.165, 1.54) is 13.3 Å². The lowest BCUT2D eigenvalue weighted by atomic mass is 10.1. The topological polar surface area (TPSA) is 96.2 Å². The molecule has 0 aliphatic heterocycles. The van der Waals surface area contributed by atoms with E-state index in [2.05, 4.69) is 20.7 Å². The lowest BCUT2D eigenvalue weighted by Gasteiger charge is -2.26. The average molecular weight is 410 g/mol. The highest BCUT2D eigenvalue weighted by Crippen LogP contribution is 2.30. The molecule has 4 aromatic rings. The first kappa shape index (κ1) is 19.9. The van der Waals surface area contributed by atoms with Crippen LogP contribution in [0.1, 0.15) is 17.3 Å². The Bertz CT molecular complexity index is 1120. The predicted molar refractivity (Wildman–Crippen MR) is 125 cm³/mol. The molecule has 0 saturated carbocycles. The first-order chi connectivity index (χ1) is 15.1. The number of para-hydroxylation sites is 2. The van der Waals surface area contributed by atoms with Crippen LogP contribution < -0.4 is 21.5 Å². The number of carbonyl (C=O) groups excluding carboxylic acids is 1. The van der Waals surface area contributed by atoms with Gasteiger partial charge in [0.25, 0.3) is 0 Å². The average Bonchev–Trinajstić information content (AvgIpc) is 2.81. The van der Waals surface area contributed by atoms with Crippen LogP contribution in [0.4, 0.5) is 34.4 Å². The molecule has 4 N–H and O–H groups in total. The van der Waals surface area contributed by atoms with Gasteiger partial charge in [0, 0.05) is 11.3 Å². The number of aromatic nitrogens is 2. The van der Waals surface area contributed by atoms with E-state index in [9.17, 15) is 4.79 Å². The van der Waals surface area contributed by atoms with Gasteiger partial charge in [-0.2, -0.15) is 0 Å². The van der Waals surface area contributed by atoms with Crippen LogP contribution in [-0.2, 0) is 0 Å². The van der Waals surface area contributed by atoms with Crippen LogP contribution in [0.25, 0.3) is 0 Å². The Kier molecular flexibility index (Phi) is 5.75. The summed E-state index contributed by atoms with van der Waals surface area (Å²) in [4.78, 5) is 20.1. The number of hydrogen-bond acceptors (Lipinski definition) is 7. The largest absolute Gasteiger partial charge is 0.393 e. The normalized spacial score (nSPS) is 10.4. The van der Waals surface area contributed by atoms with Crippen molar-refractivity contribution in [2.75, 3.05) is 21.5 Å². The third-order valence-electron chi connectivity index (χ3n) is 4.68. The zero-order valence-electron chi connectivity index (χ0n) is 17.0. The van der Waals surface area contributed by atoms with E-state index in [4.69, 9.17) is 5.73 Å². The van der Waals surface area contributed by atoms with E-state index in [-0.39, 0.29) is 5.78 Å². The maximum atomic E-state index is 11.5. The van der Waals surface area contributed by atoms with Gasteiger partial charge >= 0.3 is 0 Å². The number of carbonyl (C=O) groups is 1. The molecule has 1 aromatic heterocycles. The third kappa shape index (κ3) is 4.62. The molecule has 0 bridgehead atoms. The van der Waals surface area contributed by atoms with Gasteiger partial charge in [0.15, 0.2) is 17.4 Å². The number of nitrogens with zero attached hydrogens (tertiary/aromatic N) is 3. The summed E-state index contributed by atoms with van der Waals surface area (Å²) in [5.74, 6) is 0.946. The Balaban J connectivity index is 1.62. The van der Waals surface area contributed by atoms with Crippen LogP contribution in [-0.4, -0.2) is 15.8 Å². The van der Waals surface area contributed by atoms with Crippen molar-refractivity contribution in [1.29, 1.82) is 0 Å². The Labute approximate surface area is 180 Å². The Morgan fingerprint density at radius 3 is 1.90 bits per heavy atom. The molecule has 154 valence electrons. The van der Waals surface area contributed by atoms with E-state index in [0.717, 1.165) is 17.1 Å². The number of hydrazine groups is 1. The Morgan fingerprint density at radius 2 is 1.35 bits per heavy atom. The van der Waals surface area contributed by atoms with E-state index in [1.54, 1.807) is 12.1 Å². The van der Waals surface area contributed by atoms with Crippen molar-refractivity contribution in [2.24, 2.45) is 0 Å². The summed E-state index contributed by atoms with van der Waals surface area (Å²) in [6.45, 7) is 1.54. The molecule has 7 nitrogen and oxygen atoms in total. The summed E-state index contributed by atoms with van der Waals surface area (Å²) in [6.07, 6.45) is 1.44. The molecule has 0 amide bonds. The summed E-state index contributed by atoms with van der Waals surface area (Å²) in [5, 5.41) is 5.09. The minimum atomic E-state index is 0.0153. The predicted octanol–water partition coefficient (Wildman–Crippen LogP) is 5.17. The van der Waals surface area contributed by atoms with Gasteiger partial charge in [-0.1, -0.05) is 36.4 Å². The van der Waals surface area contributed by atoms with Gasteiger partial charge in [-0.15, -0.1) is 0 Å². The Morgan fingerprint density at radius 1 is 0.806 bits per heavy atom. The number of anilines is 6. The summed E-state index contributed by atoms with van der Waals surface area (Å²) in [7, 11) is 0. The van der Waals surface area contributed by atoms with Crippen LogP contribution >= 0.6 is 0 Å². The Hall–Kier alpha value is -4.39. The van der Waals surface area contributed by atoms with Crippen LogP contribution in [0.15, 0.2) is 91.3 Å². The zero-order chi connectivity index (χ0) is 21.6. The quantitative estimate of drug-likeness (QED) is 0.286. The molecule has 0 fully saturated rings. The second-order valence-corrected chi connectivity index (χ2v) is 6.86. The zero-order valence-corrected chi connectivity index (χ0v) is 17.0. The molecule has 0 aliphatic rings. The molecule has 0 spiro atoms. The molecule has 0 unspecified atom stereocenters. The molecule has 0 aliphatic carbocycles. The van der Waals surface area contributed by atoms with Gasteiger partial charge < -0.3 is 11.1 Å². The molecular formula is C24H22N6O. The fourth-order valence-corrected chi connectivity index (χ4v) is 3.05. The number of nitrogens with two attached hydrogens (primary N) is 1. The highest BCUT2D eigenvalue weighted by Gasteiger charge is 2.14. The van der Waals surface area contributed by atoms with Gasteiger partial charge in [0.2, 0.25) is 0 Å². The number of rotatable bonds is 7. The highest BCUT2D eigenvalue weighted by molar-refractivity contribution is 5.94. The lowest BCUT2D eigenvalue weighted by Crippen LogP contribution is -2.26. The van der Waals surface area contributed by atoms with E-state index in [0.29, 0.717) is 22.9 Å².